The summed E-state index contributed by atoms with van der Waals surface area (Å²) in [5.74, 6) is 0.622. The topological polar surface area (TPSA) is 67.4 Å². The van der Waals surface area contributed by atoms with Crippen molar-refractivity contribution in [1.82, 2.24) is 0 Å². The molecule has 0 saturated heterocycles. The number of thioether (sulfide) groups is 1. The van der Waals surface area contributed by atoms with Crippen molar-refractivity contribution in [3.8, 4) is 5.75 Å². The van der Waals surface area contributed by atoms with Gasteiger partial charge < -0.3 is 15.4 Å². The summed E-state index contributed by atoms with van der Waals surface area (Å²) in [5, 5.41) is 6.19. The van der Waals surface area contributed by atoms with Crippen molar-refractivity contribution in [1.29, 1.82) is 0 Å². The number of carbonyl (C=O) groups excluding carboxylic acids is 2. The van der Waals surface area contributed by atoms with Crippen molar-refractivity contribution >= 4 is 46.6 Å². The zero-order chi connectivity index (χ0) is 24.3. The first-order valence-electron chi connectivity index (χ1n) is 11.3. The van der Waals surface area contributed by atoms with E-state index in [4.69, 9.17) is 16.3 Å². The summed E-state index contributed by atoms with van der Waals surface area (Å²) in [6.45, 7) is 4.68. The van der Waals surface area contributed by atoms with Crippen molar-refractivity contribution in [3.63, 3.8) is 0 Å². The van der Waals surface area contributed by atoms with E-state index in [1.165, 1.54) is 11.8 Å². The molecule has 178 valence electrons. The Bertz CT molecular complexity index is 1070. The maximum atomic E-state index is 12.6. The molecule has 0 aliphatic rings. The summed E-state index contributed by atoms with van der Waals surface area (Å²) in [4.78, 5) is 25.8. The number of rotatable bonds is 11. The van der Waals surface area contributed by atoms with E-state index < -0.39 is 0 Å². The molecule has 3 rings (SSSR count). The highest BCUT2D eigenvalue weighted by Gasteiger charge is 2.15. The Balaban J connectivity index is 1.46. The fourth-order valence-corrected chi connectivity index (χ4v) is 4.07. The van der Waals surface area contributed by atoms with E-state index >= 15 is 0 Å². The molecule has 7 heteroatoms. The van der Waals surface area contributed by atoms with E-state index in [-0.39, 0.29) is 23.5 Å². The van der Waals surface area contributed by atoms with Gasteiger partial charge in [-0.05, 0) is 79.6 Å². The number of nitrogens with one attached hydrogen (secondary N) is 2. The predicted molar refractivity (Wildman–Crippen MR) is 141 cm³/mol. The van der Waals surface area contributed by atoms with Crippen molar-refractivity contribution in [2.45, 2.75) is 43.3 Å². The number of amides is 2. The summed E-state index contributed by atoms with van der Waals surface area (Å²) in [7, 11) is 0. The van der Waals surface area contributed by atoms with Crippen LogP contribution in [0.4, 0.5) is 11.4 Å². The molecule has 3 aromatic rings. The minimum atomic E-state index is -0.286. The lowest BCUT2D eigenvalue weighted by Crippen LogP contribution is -2.22. The van der Waals surface area contributed by atoms with Crippen LogP contribution in [0.1, 0.15) is 32.3 Å². The molecule has 2 N–H and O–H groups in total. The standard InChI is InChI=1S/C27H29ClN2O3S/c1-3-4-17-33-24-13-9-23(10-14-24)30-27(32)19(2)34-25-15-11-22(12-16-25)29-26(31)18-20-5-7-21(28)8-6-20/h5-16,19H,3-4,17-18H2,1-2H3,(H,29,31)(H,30,32). The molecule has 0 aliphatic carbocycles. The smallest absolute Gasteiger partial charge is 0.237 e. The second-order valence-corrected chi connectivity index (χ2v) is 9.70. The zero-order valence-corrected chi connectivity index (χ0v) is 20.9. The Morgan fingerprint density at radius 3 is 2.18 bits per heavy atom. The van der Waals surface area contributed by atoms with Gasteiger partial charge >= 0.3 is 0 Å². The Hall–Kier alpha value is -2.96. The second-order valence-electron chi connectivity index (χ2n) is 7.85. The lowest BCUT2D eigenvalue weighted by atomic mass is 10.1. The fraction of sp³-hybridized carbons (Fsp3) is 0.259. The van der Waals surface area contributed by atoms with Crippen LogP contribution < -0.4 is 15.4 Å². The van der Waals surface area contributed by atoms with Crippen molar-refractivity contribution in [2.24, 2.45) is 0 Å². The number of hydrogen-bond acceptors (Lipinski definition) is 4. The van der Waals surface area contributed by atoms with Crippen molar-refractivity contribution < 1.29 is 14.3 Å². The normalized spacial score (nSPS) is 11.5. The molecule has 2 amide bonds. The van der Waals surface area contributed by atoms with Crippen molar-refractivity contribution in [3.05, 3.63) is 83.4 Å². The average molecular weight is 497 g/mol. The van der Waals surface area contributed by atoms with Crippen LogP contribution in [0.3, 0.4) is 0 Å². The molecule has 3 aromatic carbocycles. The van der Waals surface area contributed by atoms with E-state index in [0.29, 0.717) is 17.3 Å². The van der Waals surface area contributed by atoms with Gasteiger partial charge in [-0.15, -0.1) is 11.8 Å². The monoisotopic (exact) mass is 496 g/mol. The molecule has 0 spiro atoms. The first-order chi connectivity index (χ1) is 16.4. The van der Waals surface area contributed by atoms with Gasteiger partial charge in [-0.2, -0.15) is 0 Å². The molecule has 0 bridgehead atoms. The third-order valence-electron chi connectivity index (χ3n) is 4.99. The summed E-state index contributed by atoms with van der Waals surface area (Å²) >= 11 is 7.34. The van der Waals surface area contributed by atoms with E-state index in [9.17, 15) is 9.59 Å². The average Bonchev–Trinajstić information content (AvgIpc) is 2.83. The quantitative estimate of drug-likeness (QED) is 0.226. The summed E-state index contributed by atoms with van der Waals surface area (Å²) in [6.07, 6.45) is 2.38. The maximum Gasteiger partial charge on any atom is 0.237 e. The third-order valence-corrected chi connectivity index (χ3v) is 6.35. The molecule has 0 radical (unpaired) electrons. The summed E-state index contributed by atoms with van der Waals surface area (Å²) in [5.41, 5.74) is 2.34. The Labute approximate surface area is 210 Å². The van der Waals surface area contributed by atoms with Crippen LogP contribution in [0, 0.1) is 0 Å². The number of unbranched alkanes of at least 4 members (excludes halogenated alkanes) is 1. The van der Waals surface area contributed by atoms with Gasteiger partial charge in [-0.25, -0.2) is 0 Å². The minimum absolute atomic E-state index is 0.0787. The van der Waals surface area contributed by atoms with Crippen LogP contribution in [0.25, 0.3) is 0 Å². The summed E-state index contributed by atoms with van der Waals surface area (Å²) < 4.78 is 5.65. The van der Waals surface area contributed by atoms with Gasteiger partial charge in [0.2, 0.25) is 11.8 Å². The molecule has 0 aromatic heterocycles. The van der Waals surface area contributed by atoms with Crippen LogP contribution in [0.15, 0.2) is 77.7 Å². The van der Waals surface area contributed by atoms with Gasteiger partial charge in [0.25, 0.3) is 0 Å². The molecular formula is C27H29ClN2O3S. The van der Waals surface area contributed by atoms with Crippen LogP contribution in [-0.2, 0) is 16.0 Å². The number of ether oxygens (including phenoxy) is 1. The Morgan fingerprint density at radius 1 is 0.912 bits per heavy atom. The molecule has 0 heterocycles. The molecule has 0 saturated carbocycles. The Morgan fingerprint density at radius 2 is 1.53 bits per heavy atom. The van der Waals surface area contributed by atoms with Gasteiger partial charge in [-0.1, -0.05) is 37.1 Å². The van der Waals surface area contributed by atoms with Gasteiger partial charge in [0.05, 0.1) is 18.3 Å². The lowest BCUT2D eigenvalue weighted by Gasteiger charge is -2.13. The van der Waals surface area contributed by atoms with Crippen molar-refractivity contribution in [2.75, 3.05) is 17.2 Å². The maximum absolute atomic E-state index is 12.6. The van der Waals surface area contributed by atoms with Gasteiger partial charge in [0.15, 0.2) is 0 Å². The highest BCUT2D eigenvalue weighted by atomic mass is 35.5. The predicted octanol–water partition coefficient (Wildman–Crippen LogP) is 6.82. The first kappa shape index (κ1) is 25.7. The highest BCUT2D eigenvalue weighted by molar-refractivity contribution is 8.00. The fourth-order valence-electron chi connectivity index (χ4n) is 3.08. The molecular weight excluding hydrogens is 468 g/mol. The molecule has 0 fully saturated rings. The van der Waals surface area contributed by atoms with Crippen LogP contribution in [0.2, 0.25) is 5.02 Å². The Kier molecular flexibility index (Phi) is 9.86. The highest BCUT2D eigenvalue weighted by Crippen LogP contribution is 2.26. The lowest BCUT2D eigenvalue weighted by molar-refractivity contribution is -0.116. The molecule has 34 heavy (non-hydrogen) atoms. The van der Waals surface area contributed by atoms with Gasteiger partial charge in [0.1, 0.15) is 5.75 Å². The zero-order valence-electron chi connectivity index (χ0n) is 19.3. The minimum Gasteiger partial charge on any atom is -0.494 e. The van der Waals surface area contributed by atoms with E-state index in [0.717, 1.165) is 34.7 Å². The number of benzene rings is 3. The molecule has 0 aliphatic heterocycles. The largest absolute Gasteiger partial charge is 0.494 e. The van der Waals surface area contributed by atoms with E-state index in [1.807, 2.05) is 67.6 Å². The third kappa shape index (κ3) is 8.43. The van der Waals surface area contributed by atoms with Gasteiger partial charge in [0, 0.05) is 21.3 Å². The number of hydrogen-bond donors (Lipinski definition) is 2. The number of halogens is 1. The van der Waals surface area contributed by atoms with Crippen LogP contribution in [-0.4, -0.2) is 23.7 Å². The van der Waals surface area contributed by atoms with Gasteiger partial charge in [-0.3, -0.25) is 9.59 Å². The number of carbonyl (C=O) groups is 2. The SMILES string of the molecule is CCCCOc1ccc(NC(=O)C(C)Sc2ccc(NC(=O)Cc3ccc(Cl)cc3)cc2)cc1. The van der Waals surface area contributed by atoms with Crippen LogP contribution >= 0.6 is 23.4 Å². The van der Waals surface area contributed by atoms with E-state index in [1.54, 1.807) is 12.1 Å². The summed E-state index contributed by atoms with van der Waals surface area (Å²) in [6, 6.07) is 22.1. The van der Waals surface area contributed by atoms with E-state index in [2.05, 4.69) is 17.6 Å². The molecule has 5 nitrogen and oxygen atoms in total. The second kappa shape index (κ2) is 13.1. The molecule has 1 atom stereocenters. The van der Waals surface area contributed by atoms with Crippen LogP contribution in [0.5, 0.6) is 5.75 Å². The first-order valence-corrected chi connectivity index (χ1v) is 12.5. The molecule has 1 unspecified atom stereocenters. The number of anilines is 2.